The molecule has 0 aliphatic rings. The van der Waals surface area contributed by atoms with Gasteiger partial charge >= 0.3 is 18.5 Å². The fourth-order valence-corrected chi connectivity index (χ4v) is 3.58. The van der Waals surface area contributed by atoms with Gasteiger partial charge in [0, 0.05) is 12.6 Å². The van der Waals surface area contributed by atoms with Gasteiger partial charge in [0.15, 0.2) is 13.2 Å². The van der Waals surface area contributed by atoms with Crippen LogP contribution in [0.2, 0.25) is 0 Å². The first-order valence-corrected chi connectivity index (χ1v) is 10.2. The zero-order chi connectivity index (χ0) is 25.9. The van der Waals surface area contributed by atoms with E-state index in [0.29, 0.717) is 24.3 Å². The highest BCUT2D eigenvalue weighted by atomic mass is 32.2. The fraction of sp³-hybridized carbons (Fsp3) is 0.333. The highest BCUT2D eigenvalue weighted by molar-refractivity contribution is 7.89. The molecule has 0 aliphatic carbocycles. The Balaban J connectivity index is 2.36. The summed E-state index contributed by atoms with van der Waals surface area (Å²) in [4.78, 5) is -1.09. The number of halogens is 10. The Kier molecular flexibility index (Phi) is 7.97. The van der Waals surface area contributed by atoms with Crippen molar-refractivity contribution in [1.29, 1.82) is 0 Å². The van der Waals surface area contributed by atoms with Gasteiger partial charge in [0.1, 0.15) is 22.2 Å². The number of rotatable bonds is 8. The highest BCUT2D eigenvalue weighted by Gasteiger charge is 2.33. The molecule has 2 aromatic rings. The summed E-state index contributed by atoms with van der Waals surface area (Å²) in [5.41, 5.74) is -1.93. The summed E-state index contributed by atoms with van der Waals surface area (Å²) in [6.45, 7) is -4.77. The van der Waals surface area contributed by atoms with Crippen LogP contribution in [0.25, 0.3) is 0 Å². The lowest BCUT2D eigenvalue weighted by Gasteiger charge is -2.16. The molecule has 2 aromatic carbocycles. The predicted octanol–water partition coefficient (Wildman–Crippen LogP) is 5.21. The molecule has 0 amide bonds. The van der Waals surface area contributed by atoms with E-state index in [9.17, 15) is 52.3 Å². The van der Waals surface area contributed by atoms with Gasteiger partial charge in [-0.15, -0.1) is 0 Å². The third kappa shape index (κ3) is 8.55. The molecule has 16 heteroatoms. The standard InChI is InChI=1S/C18H13F10NO4S/c19-12-4-10(3-11(5-12)18(26,27)28)7-29-34(30,31)15-6-13(32-8-16(20,21)22)1-2-14(15)33-9-17(23,24)25/h1-6,29H,7-9H2. The van der Waals surface area contributed by atoms with Crippen molar-refractivity contribution in [3.05, 3.63) is 53.3 Å². The third-order valence-corrected chi connectivity index (χ3v) is 5.17. The maximum Gasteiger partial charge on any atom is 0.422 e. The molecular weight excluding hydrogens is 516 g/mol. The highest BCUT2D eigenvalue weighted by Crippen LogP contribution is 2.32. The van der Waals surface area contributed by atoms with Crippen LogP contribution in [0.5, 0.6) is 11.5 Å². The molecule has 0 saturated carbocycles. The van der Waals surface area contributed by atoms with E-state index in [-0.39, 0.29) is 6.07 Å². The molecule has 0 heterocycles. The van der Waals surface area contributed by atoms with Gasteiger partial charge in [-0.05, 0) is 35.9 Å². The Bertz CT molecular complexity index is 1110. The largest absolute Gasteiger partial charge is 0.484 e. The van der Waals surface area contributed by atoms with Gasteiger partial charge in [0.25, 0.3) is 0 Å². The summed E-state index contributed by atoms with van der Waals surface area (Å²) in [6, 6.07) is 2.92. The smallest absolute Gasteiger partial charge is 0.422 e. The SMILES string of the molecule is O=S(=O)(NCc1cc(F)cc(C(F)(F)F)c1)c1cc(OCC(F)(F)F)ccc1OCC(F)(F)F. The van der Waals surface area contributed by atoms with Crippen LogP contribution in [0.3, 0.4) is 0 Å². The monoisotopic (exact) mass is 529 g/mol. The summed E-state index contributed by atoms with van der Waals surface area (Å²) in [5.74, 6) is -2.98. The van der Waals surface area contributed by atoms with E-state index in [1.807, 2.05) is 0 Å². The average Bonchev–Trinajstić information content (AvgIpc) is 2.67. The summed E-state index contributed by atoms with van der Waals surface area (Å²) in [6.07, 6.45) is -14.7. The second-order valence-electron chi connectivity index (χ2n) is 6.59. The molecular formula is C18H13F10NO4S. The molecule has 0 spiro atoms. The van der Waals surface area contributed by atoms with Crippen molar-refractivity contribution < 1.29 is 61.8 Å². The first-order valence-electron chi connectivity index (χ1n) is 8.75. The molecule has 0 unspecified atom stereocenters. The van der Waals surface area contributed by atoms with E-state index < -0.39 is 81.6 Å². The minimum atomic E-state index is -4.96. The Labute approximate surface area is 185 Å². The normalized spacial score (nSPS) is 13.1. The van der Waals surface area contributed by atoms with Crippen LogP contribution in [0.4, 0.5) is 43.9 Å². The van der Waals surface area contributed by atoms with E-state index in [0.717, 1.165) is 6.07 Å². The van der Waals surface area contributed by atoms with Crippen LogP contribution in [0.1, 0.15) is 11.1 Å². The van der Waals surface area contributed by atoms with Gasteiger partial charge < -0.3 is 9.47 Å². The third-order valence-electron chi connectivity index (χ3n) is 3.75. The lowest BCUT2D eigenvalue weighted by molar-refractivity contribution is -0.154. The predicted molar refractivity (Wildman–Crippen MR) is 95.0 cm³/mol. The van der Waals surface area contributed by atoms with Crippen LogP contribution < -0.4 is 14.2 Å². The molecule has 0 saturated heterocycles. The first-order chi connectivity index (χ1) is 15.4. The molecule has 0 aliphatic heterocycles. The molecule has 0 fully saturated rings. The van der Waals surface area contributed by atoms with Gasteiger partial charge in [0.05, 0.1) is 5.56 Å². The average molecular weight is 529 g/mol. The maximum absolute atomic E-state index is 13.5. The quantitative estimate of drug-likeness (QED) is 0.478. The second-order valence-corrected chi connectivity index (χ2v) is 8.32. The zero-order valence-corrected chi connectivity index (χ0v) is 17.2. The first kappa shape index (κ1) is 27.5. The minimum absolute atomic E-state index is 0.155. The molecule has 2 rings (SSSR count). The van der Waals surface area contributed by atoms with E-state index in [2.05, 4.69) is 9.47 Å². The molecule has 0 radical (unpaired) electrons. The molecule has 0 atom stereocenters. The Morgan fingerprint density at radius 2 is 1.38 bits per heavy atom. The number of benzene rings is 2. The van der Waals surface area contributed by atoms with E-state index in [4.69, 9.17) is 0 Å². The van der Waals surface area contributed by atoms with E-state index >= 15 is 0 Å². The molecule has 0 aromatic heterocycles. The van der Waals surface area contributed by atoms with Crippen molar-refractivity contribution in [3.63, 3.8) is 0 Å². The zero-order valence-electron chi connectivity index (χ0n) is 16.4. The van der Waals surface area contributed by atoms with Gasteiger partial charge in [-0.1, -0.05) is 0 Å². The van der Waals surface area contributed by atoms with Crippen LogP contribution in [-0.4, -0.2) is 34.0 Å². The molecule has 5 nitrogen and oxygen atoms in total. The van der Waals surface area contributed by atoms with Crippen LogP contribution in [-0.2, 0) is 22.7 Å². The number of hydrogen-bond donors (Lipinski definition) is 1. The van der Waals surface area contributed by atoms with Crippen molar-refractivity contribution in [2.75, 3.05) is 13.2 Å². The topological polar surface area (TPSA) is 64.6 Å². The van der Waals surface area contributed by atoms with Crippen LogP contribution in [0, 0.1) is 5.82 Å². The summed E-state index contributed by atoms with van der Waals surface area (Å²) >= 11 is 0. The number of sulfonamides is 1. The number of ether oxygens (including phenoxy) is 2. The van der Waals surface area contributed by atoms with Crippen molar-refractivity contribution in [2.24, 2.45) is 0 Å². The minimum Gasteiger partial charge on any atom is -0.484 e. The second kappa shape index (κ2) is 9.85. The molecule has 190 valence electrons. The van der Waals surface area contributed by atoms with E-state index in [1.54, 1.807) is 4.72 Å². The van der Waals surface area contributed by atoms with Gasteiger partial charge in [-0.2, -0.15) is 39.5 Å². The molecule has 0 bridgehead atoms. The lowest BCUT2D eigenvalue weighted by Crippen LogP contribution is -2.26. The van der Waals surface area contributed by atoms with Gasteiger partial charge in [-0.25, -0.2) is 17.5 Å². The summed E-state index contributed by atoms with van der Waals surface area (Å²) in [5, 5.41) is 0. The van der Waals surface area contributed by atoms with Gasteiger partial charge in [0.2, 0.25) is 10.0 Å². The number of nitrogens with one attached hydrogen (secondary N) is 1. The number of alkyl halides is 9. The summed E-state index contributed by atoms with van der Waals surface area (Å²) in [7, 11) is -4.90. The van der Waals surface area contributed by atoms with Crippen molar-refractivity contribution in [3.8, 4) is 11.5 Å². The number of hydrogen-bond acceptors (Lipinski definition) is 4. The summed E-state index contributed by atoms with van der Waals surface area (Å²) < 4.78 is 162. The van der Waals surface area contributed by atoms with Crippen molar-refractivity contribution in [2.45, 2.75) is 30.0 Å². The Morgan fingerprint density at radius 3 is 1.94 bits per heavy atom. The lowest BCUT2D eigenvalue weighted by atomic mass is 10.1. The van der Waals surface area contributed by atoms with Crippen molar-refractivity contribution in [1.82, 2.24) is 4.72 Å². The Hall–Kier alpha value is -2.75. The van der Waals surface area contributed by atoms with Crippen LogP contribution >= 0.6 is 0 Å². The fourth-order valence-electron chi connectivity index (χ4n) is 2.40. The Morgan fingerprint density at radius 1 is 0.794 bits per heavy atom. The van der Waals surface area contributed by atoms with E-state index in [1.165, 1.54) is 0 Å². The molecule has 1 N–H and O–H groups in total. The van der Waals surface area contributed by atoms with Crippen molar-refractivity contribution >= 4 is 10.0 Å². The molecule has 34 heavy (non-hydrogen) atoms. The maximum atomic E-state index is 13.5. The van der Waals surface area contributed by atoms with Gasteiger partial charge in [-0.3, -0.25) is 0 Å². The van der Waals surface area contributed by atoms with Crippen LogP contribution in [0.15, 0.2) is 41.3 Å².